The number of rotatable bonds is 9. The van der Waals surface area contributed by atoms with Crippen LogP contribution >= 0.6 is 0 Å². The number of hydrogen-bond donors (Lipinski definition) is 1. The van der Waals surface area contributed by atoms with E-state index in [1.54, 1.807) is 0 Å². The molecular formula is C18H30O4. The summed E-state index contributed by atoms with van der Waals surface area (Å²) in [5, 5.41) is 8.98. The molecule has 4 nitrogen and oxygen atoms in total. The van der Waals surface area contributed by atoms with Crippen molar-refractivity contribution in [1.82, 2.24) is 0 Å². The molecule has 3 atom stereocenters. The Hall–Kier alpha value is -1.13. The van der Waals surface area contributed by atoms with E-state index in [-0.39, 0.29) is 6.42 Å². The largest absolute Gasteiger partial charge is 0.481 e. The maximum Gasteiger partial charge on any atom is 0.306 e. The highest BCUT2D eigenvalue weighted by atomic mass is 17.2. The topological polar surface area (TPSA) is 55.8 Å². The molecule has 0 aliphatic carbocycles. The van der Waals surface area contributed by atoms with Gasteiger partial charge >= 0.3 is 5.97 Å². The highest BCUT2D eigenvalue weighted by Gasteiger charge is 2.37. The Labute approximate surface area is 134 Å². The number of carboxylic acids is 1. The monoisotopic (exact) mass is 310 g/mol. The van der Waals surface area contributed by atoms with Crippen molar-refractivity contribution in [2.75, 3.05) is 0 Å². The average Bonchev–Trinajstić information content (AvgIpc) is 2.52. The van der Waals surface area contributed by atoms with E-state index in [2.05, 4.69) is 39.0 Å². The van der Waals surface area contributed by atoms with Gasteiger partial charge in [-0.05, 0) is 49.7 Å². The summed E-state index contributed by atoms with van der Waals surface area (Å²) in [6.07, 6.45) is 10.6. The lowest BCUT2D eigenvalue weighted by Gasteiger charge is -2.38. The molecule has 1 aliphatic heterocycles. The first kappa shape index (κ1) is 18.9. The lowest BCUT2D eigenvalue weighted by Crippen LogP contribution is -2.40. The number of carbonyl (C=O) groups is 1. The number of carboxylic acid groups (broad SMARTS) is 1. The lowest BCUT2D eigenvalue weighted by molar-refractivity contribution is -0.378. The van der Waals surface area contributed by atoms with Gasteiger partial charge in [-0.3, -0.25) is 4.79 Å². The van der Waals surface area contributed by atoms with E-state index in [4.69, 9.17) is 14.9 Å². The molecule has 0 radical (unpaired) electrons. The molecule has 1 heterocycles. The van der Waals surface area contributed by atoms with Crippen LogP contribution < -0.4 is 0 Å². The molecule has 1 aliphatic rings. The third kappa shape index (κ3) is 5.25. The molecule has 1 rings (SSSR count). The fourth-order valence-electron chi connectivity index (χ4n) is 2.84. The first-order valence-electron chi connectivity index (χ1n) is 8.44. The summed E-state index contributed by atoms with van der Waals surface area (Å²) in [6, 6.07) is 0. The quantitative estimate of drug-likeness (QED) is 0.497. The van der Waals surface area contributed by atoms with Gasteiger partial charge in [0.25, 0.3) is 0 Å². The van der Waals surface area contributed by atoms with Crippen molar-refractivity contribution in [3.05, 3.63) is 23.8 Å². The highest BCUT2D eigenvalue weighted by Crippen LogP contribution is 2.36. The minimum atomic E-state index is -0.866. The zero-order chi connectivity index (χ0) is 16.6. The van der Waals surface area contributed by atoms with Crippen molar-refractivity contribution >= 4 is 5.97 Å². The first-order chi connectivity index (χ1) is 10.5. The van der Waals surface area contributed by atoms with E-state index >= 15 is 0 Å². The van der Waals surface area contributed by atoms with Gasteiger partial charge in [-0.1, -0.05) is 39.8 Å². The molecule has 22 heavy (non-hydrogen) atoms. The van der Waals surface area contributed by atoms with Gasteiger partial charge in [0.05, 0.1) is 6.42 Å². The second-order valence-corrected chi connectivity index (χ2v) is 5.97. The van der Waals surface area contributed by atoms with Crippen molar-refractivity contribution in [1.29, 1.82) is 0 Å². The highest BCUT2D eigenvalue weighted by molar-refractivity contribution is 5.68. The second kappa shape index (κ2) is 9.11. The molecule has 4 heteroatoms. The van der Waals surface area contributed by atoms with Gasteiger partial charge in [0, 0.05) is 0 Å². The van der Waals surface area contributed by atoms with Gasteiger partial charge in [0.15, 0.2) is 0 Å². The van der Waals surface area contributed by atoms with Crippen molar-refractivity contribution < 1.29 is 19.7 Å². The maximum atomic E-state index is 10.9. The maximum absolute atomic E-state index is 10.9. The number of allylic oxidation sites excluding steroid dienone is 2. The standard InChI is InChI=1S/C18H30O4/c1-5-9-10-14(6-2)12-18(8-4)13-15(7-3)16(21-22-18)11-17(19)20/h9-10,13-14,16H,5-8,11-12H2,1-4H3,(H,19,20)/b10-9+. The Bertz CT molecular complexity index is 413. The fourth-order valence-corrected chi connectivity index (χ4v) is 2.84. The fraction of sp³-hybridized carbons (Fsp3) is 0.722. The van der Waals surface area contributed by atoms with E-state index in [1.807, 2.05) is 6.92 Å². The summed E-state index contributed by atoms with van der Waals surface area (Å²) in [6.45, 7) is 8.42. The summed E-state index contributed by atoms with van der Waals surface area (Å²) in [5.41, 5.74) is 0.587. The minimum absolute atomic E-state index is 0.0492. The van der Waals surface area contributed by atoms with E-state index in [1.165, 1.54) is 0 Å². The molecule has 0 saturated heterocycles. The molecular weight excluding hydrogens is 280 g/mol. The molecule has 1 N–H and O–H groups in total. The third-order valence-corrected chi connectivity index (χ3v) is 4.34. The predicted octanol–water partition coefficient (Wildman–Crippen LogP) is 4.66. The SMILES string of the molecule is CC/C=C/C(CC)CC1(CC)C=C(CC)C(CC(=O)O)OO1. The molecule has 0 bridgehead atoms. The molecule has 0 spiro atoms. The number of hydrogen-bond acceptors (Lipinski definition) is 3. The van der Waals surface area contributed by atoms with E-state index in [0.717, 1.165) is 37.7 Å². The third-order valence-electron chi connectivity index (χ3n) is 4.34. The second-order valence-electron chi connectivity index (χ2n) is 5.97. The minimum Gasteiger partial charge on any atom is -0.481 e. The van der Waals surface area contributed by atoms with Gasteiger partial charge in [-0.2, -0.15) is 0 Å². The molecule has 3 unspecified atom stereocenters. The van der Waals surface area contributed by atoms with Crippen LogP contribution in [0.1, 0.15) is 66.2 Å². The van der Waals surface area contributed by atoms with Crippen LogP contribution in [-0.2, 0) is 14.6 Å². The molecule has 0 aromatic heterocycles. The van der Waals surface area contributed by atoms with Crippen molar-refractivity contribution in [2.45, 2.75) is 77.9 Å². The Morgan fingerprint density at radius 1 is 1.41 bits per heavy atom. The van der Waals surface area contributed by atoms with Crippen LogP contribution in [0, 0.1) is 5.92 Å². The molecule has 0 amide bonds. The molecule has 0 aromatic rings. The van der Waals surface area contributed by atoms with Crippen molar-refractivity contribution in [3.63, 3.8) is 0 Å². The zero-order valence-electron chi connectivity index (χ0n) is 14.3. The van der Waals surface area contributed by atoms with Crippen LogP contribution in [0.2, 0.25) is 0 Å². The van der Waals surface area contributed by atoms with Crippen LogP contribution in [0.15, 0.2) is 23.8 Å². The van der Waals surface area contributed by atoms with Gasteiger partial charge in [0.2, 0.25) is 0 Å². The Kier molecular flexibility index (Phi) is 7.83. The first-order valence-corrected chi connectivity index (χ1v) is 8.44. The molecule has 0 fully saturated rings. The van der Waals surface area contributed by atoms with E-state index in [0.29, 0.717) is 5.92 Å². The van der Waals surface area contributed by atoms with Crippen molar-refractivity contribution in [2.24, 2.45) is 5.92 Å². The van der Waals surface area contributed by atoms with Crippen molar-refractivity contribution in [3.8, 4) is 0 Å². The summed E-state index contributed by atoms with van der Waals surface area (Å²) in [7, 11) is 0. The van der Waals surface area contributed by atoms with Gasteiger partial charge in [-0.25, -0.2) is 9.78 Å². The average molecular weight is 310 g/mol. The molecule has 126 valence electrons. The predicted molar refractivity (Wildman–Crippen MR) is 87.4 cm³/mol. The number of aliphatic carboxylic acids is 1. The Morgan fingerprint density at radius 3 is 2.64 bits per heavy atom. The zero-order valence-corrected chi connectivity index (χ0v) is 14.3. The smallest absolute Gasteiger partial charge is 0.306 e. The Balaban J connectivity index is 2.93. The normalized spacial score (nSPS) is 26.9. The summed E-state index contributed by atoms with van der Waals surface area (Å²) < 4.78 is 0. The molecule has 0 aromatic carbocycles. The summed E-state index contributed by atoms with van der Waals surface area (Å²) >= 11 is 0. The summed E-state index contributed by atoms with van der Waals surface area (Å²) in [4.78, 5) is 22.1. The van der Waals surface area contributed by atoms with Gasteiger partial charge in [-0.15, -0.1) is 0 Å². The van der Waals surface area contributed by atoms with Crippen LogP contribution in [0.4, 0.5) is 0 Å². The summed E-state index contributed by atoms with van der Waals surface area (Å²) in [5.74, 6) is -0.428. The van der Waals surface area contributed by atoms with E-state index < -0.39 is 17.7 Å². The Morgan fingerprint density at radius 2 is 2.14 bits per heavy atom. The molecule has 0 saturated carbocycles. The van der Waals surface area contributed by atoms with Gasteiger partial charge in [0.1, 0.15) is 11.7 Å². The van der Waals surface area contributed by atoms with Crippen LogP contribution in [0.25, 0.3) is 0 Å². The van der Waals surface area contributed by atoms with E-state index in [9.17, 15) is 4.79 Å². The van der Waals surface area contributed by atoms with Gasteiger partial charge < -0.3 is 5.11 Å². The van der Waals surface area contributed by atoms with Crippen LogP contribution in [-0.4, -0.2) is 22.8 Å². The lowest BCUT2D eigenvalue weighted by atomic mass is 9.83. The van der Waals surface area contributed by atoms with Crippen LogP contribution in [0.3, 0.4) is 0 Å². The van der Waals surface area contributed by atoms with Crippen LogP contribution in [0.5, 0.6) is 0 Å².